The van der Waals surface area contributed by atoms with Crippen molar-refractivity contribution < 1.29 is 0 Å². The molecule has 0 aromatic carbocycles. The Morgan fingerprint density at radius 2 is 2.58 bits per heavy atom. The van der Waals surface area contributed by atoms with Gasteiger partial charge in [-0.25, -0.2) is 4.98 Å². The van der Waals surface area contributed by atoms with Crippen molar-refractivity contribution >= 4 is 17.7 Å². The second kappa shape index (κ2) is 9.05. The van der Waals surface area contributed by atoms with Crippen LogP contribution in [0, 0.1) is 18.4 Å². The molecule has 3 N–H and O–H groups in total. The highest BCUT2D eigenvalue weighted by atomic mass is 32.2. The van der Waals surface area contributed by atoms with Gasteiger partial charge in [-0.15, -0.1) is 6.58 Å². The average molecular weight is 278 g/mol. The van der Waals surface area contributed by atoms with E-state index in [-0.39, 0.29) is 0 Å². The molecule has 0 aliphatic carbocycles. The van der Waals surface area contributed by atoms with Crippen LogP contribution in [0.2, 0.25) is 0 Å². The smallest absolute Gasteiger partial charge is 0.204 e. The Morgan fingerprint density at radius 3 is 3.21 bits per heavy atom. The number of imidazole rings is 1. The van der Waals surface area contributed by atoms with E-state index in [4.69, 9.17) is 5.26 Å². The Morgan fingerprint density at radius 1 is 1.74 bits per heavy atom. The molecule has 102 valence electrons. The van der Waals surface area contributed by atoms with E-state index in [9.17, 15) is 0 Å². The summed E-state index contributed by atoms with van der Waals surface area (Å²) in [5, 5.41) is 14.0. The summed E-state index contributed by atoms with van der Waals surface area (Å²) < 4.78 is 0. The van der Waals surface area contributed by atoms with Crippen LogP contribution in [0.4, 0.5) is 0 Å². The van der Waals surface area contributed by atoms with Crippen molar-refractivity contribution in [2.45, 2.75) is 12.7 Å². The topological polar surface area (TPSA) is 88.9 Å². The number of aromatic amines is 1. The van der Waals surface area contributed by atoms with Gasteiger partial charge in [-0.05, 0) is 6.92 Å². The molecule has 0 radical (unpaired) electrons. The van der Waals surface area contributed by atoms with E-state index in [1.165, 1.54) is 0 Å². The molecule has 7 heteroatoms. The zero-order valence-electron chi connectivity index (χ0n) is 10.9. The fourth-order valence-corrected chi connectivity index (χ4v) is 2.15. The SMILES string of the molecule is C=CCN/C(=N/CCSCc1[nH]cnc1C)NC#N. The second-order valence-corrected chi connectivity index (χ2v) is 4.76. The molecule has 0 amide bonds. The normalized spacial score (nSPS) is 10.8. The first kappa shape index (κ1) is 15.1. The van der Waals surface area contributed by atoms with Gasteiger partial charge in [0.15, 0.2) is 6.19 Å². The quantitative estimate of drug-likeness (QED) is 0.174. The number of H-pyrrole nitrogens is 1. The summed E-state index contributed by atoms with van der Waals surface area (Å²) in [6.07, 6.45) is 5.27. The molecule has 1 aromatic heterocycles. The van der Waals surface area contributed by atoms with Gasteiger partial charge in [-0.1, -0.05) is 6.08 Å². The number of guanidine groups is 1. The van der Waals surface area contributed by atoms with Crippen LogP contribution in [-0.2, 0) is 5.75 Å². The summed E-state index contributed by atoms with van der Waals surface area (Å²) in [6.45, 7) is 6.80. The monoisotopic (exact) mass is 278 g/mol. The van der Waals surface area contributed by atoms with Gasteiger partial charge in [0.1, 0.15) is 0 Å². The summed E-state index contributed by atoms with van der Waals surface area (Å²) >= 11 is 1.77. The number of thioether (sulfide) groups is 1. The predicted octanol–water partition coefficient (Wildman–Crippen LogP) is 1.15. The van der Waals surface area contributed by atoms with E-state index in [1.807, 2.05) is 13.1 Å². The summed E-state index contributed by atoms with van der Waals surface area (Å²) in [4.78, 5) is 11.5. The minimum Gasteiger partial charge on any atom is -0.352 e. The Bertz CT molecular complexity index is 459. The molecule has 0 spiro atoms. The Kier molecular flexibility index (Phi) is 7.20. The van der Waals surface area contributed by atoms with Crippen molar-refractivity contribution in [1.82, 2.24) is 20.6 Å². The van der Waals surface area contributed by atoms with Crippen LogP contribution in [0.25, 0.3) is 0 Å². The molecule has 0 unspecified atom stereocenters. The van der Waals surface area contributed by atoms with Crippen LogP contribution in [0.15, 0.2) is 24.0 Å². The molecule has 1 aromatic rings. The van der Waals surface area contributed by atoms with Crippen LogP contribution in [0.3, 0.4) is 0 Å². The number of rotatable bonds is 7. The van der Waals surface area contributed by atoms with E-state index >= 15 is 0 Å². The van der Waals surface area contributed by atoms with E-state index < -0.39 is 0 Å². The van der Waals surface area contributed by atoms with E-state index in [0.717, 1.165) is 22.9 Å². The lowest BCUT2D eigenvalue weighted by Crippen LogP contribution is -2.34. The van der Waals surface area contributed by atoms with Crippen LogP contribution in [0.1, 0.15) is 11.4 Å². The highest BCUT2D eigenvalue weighted by Crippen LogP contribution is 2.11. The molecular weight excluding hydrogens is 260 g/mol. The number of aryl methyl sites for hydroxylation is 1. The first-order valence-corrected chi connectivity index (χ1v) is 7.04. The third-order valence-corrected chi connectivity index (χ3v) is 3.24. The molecule has 19 heavy (non-hydrogen) atoms. The van der Waals surface area contributed by atoms with Gasteiger partial charge < -0.3 is 10.3 Å². The number of aliphatic imine (C=N–C) groups is 1. The maximum atomic E-state index is 8.57. The average Bonchev–Trinajstić information content (AvgIpc) is 2.81. The molecule has 0 aliphatic rings. The van der Waals surface area contributed by atoms with E-state index in [0.29, 0.717) is 19.0 Å². The maximum Gasteiger partial charge on any atom is 0.204 e. The number of hydrogen-bond donors (Lipinski definition) is 3. The summed E-state index contributed by atoms with van der Waals surface area (Å²) in [5.41, 5.74) is 2.18. The van der Waals surface area contributed by atoms with Gasteiger partial charge in [0.2, 0.25) is 5.96 Å². The third kappa shape index (κ3) is 5.97. The first-order chi connectivity index (χ1) is 9.27. The van der Waals surface area contributed by atoms with Gasteiger partial charge in [-0.3, -0.25) is 10.3 Å². The maximum absolute atomic E-state index is 8.57. The van der Waals surface area contributed by atoms with Gasteiger partial charge in [0, 0.05) is 23.7 Å². The number of nitriles is 1. The zero-order valence-corrected chi connectivity index (χ0v) is 11.8. The molecule has 0 bridgehead atoms. The van der Waals surface area contributed by atoms with Crippen molar-refractivity contribution in [2.24, 2.45) is 4.99 Å². The number of nitrogens with zero attached hydrogens (tertiary/aromatic N) is 3. The molecule has 1 rings (SSSR count). The Labute approximate surface area is 117 Å². The largest absolute Gasteiger partial charge is 0.352 e. The summed E-state index contributed by atoms with van der Waals surface area (Å²) in [7, 11) is 0. The lowest BCUT2D eigenvalue weighted by atomic mass is 10.4. The van der Waals surface area contributed by atoms with Crippen molar-refractivity contribution in [3.63, 3.8) is 0 Å². The molecule has 0 fully saturated rings. The second-order valence-electron chi connectivity index (χ2n) is 3.66. The summed E-state index contributed by atoms with van der Waals surface area (Å²) in [6, 6.07) is 0. The number of hydrogen-bond acceptors (Lipinski definition) is 4. The summed E-state index contributed by atoms with van der Waals surface area (Å²) in [5.74, 6) is 2.26. The molecular formula is C12H18N6S. The van der Waals surface area contributed by atoms with Gasteiger partial charge in [-0.2, -0.15) is 17.0 Å². The fourth-order valence-electron chi connectivity index (χ4n) is 1.29. The predicted molar refractivity (Wildman–Crippen MR) is 78.7 cm³/mol. The molecule has 1 heterocycles. The van der Waals surface area contributed by atoms with Crippen LogP contribution < -0.4 is 10.6 Å². The van der Waals surface area contributed by atoms with Crippen molar-refractivity contribution in [2.75, 3.05) is 18.8 Å². The fraction of sp³-hybridized carbons (Fsp3) is 0.417. The number of aromatic nitrogens is 2. The van der Waals surface area contributed by atoms with Crippen molar-refractivity contribution in [3.05, 3.63) is 30.4 Å². The lowest BCUT2D eigenvalue weighted by Gasteiger charge is -2.05. The molecule has 0 saturated carbocycles. The highest BCUT2D eigenvalue weighted by Gasteiger charge is 2.00. The van der Waals surface area contributed by atoms with Crippen LogP contribution in [0.5, 0.6) is 0 Å². The van der Waals surface area contributed by atoms with Crippen molar-refractivity contribution in [3.8, 4) is 6.19 Å². The molecule has 0 saturated heterocycles. The zero-order chi connectivity index (χ0) is 13.9. The first-order valence-electron chi connectivity index (χ1n) is 5.88. The van der Waals surface area contributed by atoms with E-state index in [1.54, 1.807) is 24.2 Å². The molecule has 6 nitrogen and oxygen atoms in total. The number of nitrogens with one attached hydrogen (secondary N) is 3. The van der Waals surface area contributed by atoms with E-state index in [2.05, 4.69) is 32.2 Å². The molecule has 0 aliphatic heterocycles. The van der Waals surface area contributed by atoms with Crippen molar-refractivity contribution in [1.29, 1.82) is 5.26 Å². The highest BCUT2D eigenvalue weighted by molar-refractivity contribution is 7.98. The molecule has 0 atom stereocenters. The Balaban J connectivity index is 2.25. The minimum absolute atomic E-state index is 0.487. The minimum atomic E-state index is 0.487. The van der Waals surface area contributed by atoms with Crippen LogP contribution in [-0.4, -0.2) is 34.8 Å². The van der Waals surface area contributed by atoms with Gasteiger partial charge in [0.25, 0.3) is 0 Å². The Hall–Kier alpha value is -1.94. The third-order valence-electron chi connectivity index (χ3n) is 2.27. The standard InChI is InChI=1S/C12H18N6S/c1-3-4-14-12(16-8-13)15-5-6-19-7-11-10(2)17-9-18-11/h3,9H,1,4-7H2,2H3,(H,17,18)(H2,14,15,16). The van der Waals surface area contributed by atoms with Gasteiger partial charge >= 0.3 is 0 Å². The van der Waals surface area contributed by atoms with Gasteiger partial charge in [0.05, 0.1) is 18.6 Å². The lowest BCUT2D eigenvalue weighted by molar-refractivity contribution is 0.955. The van der Waals surface area contributed by atoms with Crippen LogP contribution >= 0.6 is 11.8 Å².